The Balaban J connectivity index is 2.03. The van der Waals surface area contributed by atoms with Crippen molar-refractivity contribution in [3.63, 3.8) is 0 Å². The Hall–Kier alpha value is -1.10. The monoisotopic (exact) mass is 253 g/mol. The molecule has 5 nitrogen and oxygen atoms in total. The van der Waals surface area contributed by atoms with Crippen LogP contribution in [0.5, 0.6) is 0 Å². The summed E-state index contributed by atoms with van der Waals surface area (Å²) in [6.45, 7) is 3.46. The van der Waals surface area contributed by atoms with Crippen molar-refractivity contribution in [2.75, 3.05) is 20.1 Å². The van der Waals surface area contributed by atoms with Gasteiger partial charge in [-0.25, -0.2) is 0 Å². The standard InChI is InChI=1S/C13H23N3O2/c1-9(14)10-4-3-7-16(8-10)12(18)13(5-6-13)11(17)15-2/h9-10H,3-8,14H2,1-2H3,(H,15,17)/t9-,10+/m1/s1. The van der Waals surface area contributed by atoms with Gasteiger partial charge in [0, 0.05) is 26.2 Å². The maximum atomic E-state index is 12.5. The Morgan fingerprint density at radius 1 is 1.44 bits per heavy atom. The minimum Gasteiger partial charge on any atom is -0.358 e. The van der Waals surface area contributed by atoms with Gasteiger partial charge in [0.05, 0.1) is 0 Å². The molecular weight excluding hydrogens is 230 g/mol. The first-order valence-electron chi connectivity index (χ1n) is 6.78. The van der Waals surface area contributed by atoms with Crippen molar-refractivity contribution in [2.24, 2.45) is 17.1 Å². The number of carbonyl (C=O) groups is 2. The van der Waals surface area contributed by atoms with Crippen molar-refractivity contribution in [2.45, 2.75) is 38.6 Å². The molecule has 1 saturated carbocycles. The normalized spacial score (nSPS) is 27.5. The highest BCUT2D eigenvalue weighted by molar-refractivity contribution is 6.07. The van der Waals surface area contributed by atoms with Gasteiger partial charge in [-0.2, -0.15) is 0 Å². The number of hydrogen-bond donors (Lipinski definition) is 2. The van der Waals surface area contributed by atoms with Gasteiger partial charge in [0.15, 0.2) is 0 Å². The summed E-state index contributed by atoms with van der Waals surface area (Å²) in [5.74, 6) is 0.241. The summed E-state index contributed by atoms with van der Waals surface area (Å²) in [7, 11) is 1.59. The zero-order valence-electron chi connectivity index (χ0n) is 11.2. The lowest BCUT2D eigenvalue weighted by Crippen LogP contribution is -2.50. The van der Waals surface area contributed by atoms with Crippen LogP contribution in [0.25, 0.3) is 0 Å². The SMILES string of the molecule is CNC(=O)C1(C(=O)N2CCC[C@H]([C@@H](C)N)C2)CC1. The van der Waals surface area contributed by atoms with E-state index >= 15 is 0 Å². The molecule has 0 unspecified atom stereocenters. The van der Waals surface area contributed by atoms with Crippen molar-refractivity contribution in [3.8, 4) is 0 Å². The topological polar surface area (TPSA) is 75.4 Å². The van der Waals surface area contributed by atoms with Gasteiger partial charge in [-0.15, -0.1) is 0 Å². The maximum absolute atomic E-state index is 12.5. The third kappa shape index (κ3) is 2.23. The quantitative estimate of drug-likeness (QED) is 0.700. The summed E-state index contributed by atoms with van der Waals surface area (Å²) < 4.78 is 0. The molecule has 1 heterocycles. The fourth-order valence-corrected chi connectivity index (χ4v) is 2.83. The number of rotatable bonds is 3. The van der Waals surface area contributed by atoms with Crippen LogP contribution < -0.4 is 11.1 Å². The number of piperidine rings is 1. The molecule has 1 saturated heterocycles. The zero-order valence-corrected chi connectivity index (χ0v) is 11.2. The van der Waals surface area contributed by atoms with Gasteiger partial charge in [-0.3, -0.25) is 9.59 Å². The number of carbonyl (C=O) groups excluding carboxylic acids is 2. The first-order chi connectivity index (χ1) is 8.51. The van der Waals surface area contributed by atoms with Crippen LogP contribution in [0.1, 0.15) is 32.6 Å². The molecule has 1 aliphatic carbocycles. The highest BCUT2D eigenvalue weighted by atomic mass is 16.2. The summed E-state index contributed by atoms with van der Waals surface area (Å²) in [5.41, 5.74) is 5.17. The molecule has 0 radical (unpaired) electrons. The number of nitrogens with one attached hydrogen (secondary N) is 1. The Morgan fingerprint density at radius 2 is 2.11 bits per heavy atom. The van der Waals surface area contributed by atoms with Crippen molar-refractivity contribution in [1.29, 1.82) is 0 Å². The molecule has 0 aromatic rings. The van der Waals surface area contributed by atoms with Crippen LogP contribution in [-0.2, 0) is 9.59 Å². The van der Waals surface area contributed by atoms with Crippen molar-refractivity contribution in [3.05, 3.63) is 0 Å². The highest BCUT2D eigenvalue weighted by Gasteiger charge is 2.57. The molecule has 2 fully saturated rings. The number of likely N-dealkylation sites (tertiary alicyclic amines) is 1. The second-order valence-electron chi connectivity index (χ2n) is 5.67. The third-order valence-corrected chi connectivity index (χ3v) is 4.31. The van der Waals surface area contributed by atoms with E-state index in [1.165, 1.54) is 0 Å². The number of nitrogens with zero attached hydrogens (tertiary/aromatic N) is 1. The molecule has 2 amide bonds. The van der Waals surface area contributed by atoms with Crippen LogP contribution in [0, 0.1) is 11.3 Å². The number of amides is 2. The molecule has 102 valence electrons. The molecule has 18 heavy (non-hydrogen) atoms. The molecule has 1 aliphatic heterocycles. The predicted molar refractivity (Wildman–Crippen MR) is 68.7 cm³/mol. The van der Waals surface area contributed by atoms with E-state index in [1.807, 2.05) is 11.8 Å². The van der Waals surface area contributed by atoms with Crippen molar-refractivity contribution < 1.29 is 9.59 Å². The molecule has 2 atom stereocenters. The lowest BCUT2D eigenvalue weighted by molar-refractivity contribution is -0.145. The minimum absolute atomic E-state index is 0.00667. The zero-order chi connectivity index (χ0) is 13.3. The molecule has 0 aromatic carbocycles. The van der Waals surface area contributed by atoms with Gasteiger partial charge in [-0.1, -0.05) is 0 Å². The second kappa shape index (κ2) is 4.88. The third-order valence-electron chi connectivity index (χ3n) is 4.31. The molecule has 0 spiro atoms. The van der Waals surface area contributed by atoms with Gasteiger partial charge >= 0.3 is 0 Å². The maximum Gasteiger partial charge on any atom is 0.238 e. The van der Waals surface area contributed by atoms with Crippen LogP contribution in [0.3, 0.4) is 0 Å². The summed E-state index contributed by atoms with van der Waals surface area (Å²) >= 11 is 0. The Bertz CT molecular complexity index is 350. The summed E-state index contributed by atoms with van der Waals surface area (Å²) in [4.78, 5) is 26.1. The average molecular weight is 253 g/mol. The second-order valence-corrected chi connectivity index (χ2v) is 5.67. The van der Waals surface area contributed by atoms with E-state index in [0.717, 1.165) is 19.4 Å². The Kier molecular flexibility index (Phi) is 3.61. The van der Waals surface area contributed by atoms with Crippen LogP contribution in [0.2, 0.25) is 0 Å². The van der Waals surface area contributed by atoms with E-state index in [4.69, 9.17) is 5.73 Å². The number of hydrogen-bond acceptors (Lipinski definition) is 3. The van der Waals surface area contributed by atoms with E-state index in [2.05, 4.69) is 5.32 Å². The van der Waals surface area contributed by atoms with Crippen LogP contribution in [0.4, 0.5) is 0 Å². The predicted octanol–water partition coefficient (Wildman–Crippen LogP) is 0.0984. The van der Waals surface area contributed by atoms with E-state index in [-0.39, 0.29) is 17.9 Å². The van der Waals surface area contributed by atoms with Gasteiger partial charge in [-0.05, 0) is 38.5 Å². The molecule has 2 aliphatic rings. The first kappa shape index (κ1) is 13.3. The molecule has 3 N–H and O–H groups in total. The fraction of sp³-hybridized carbons (Fsp3) is 0.846. The highest BCUT2D eigenvalue weighted by Crippen LogP contribution is 2.47. The van der Waals surface area contributed by atoms with E-state index in [1.54, 1.807) is 7.05 Å². The first-order valence-corrected chi connectivity index (χ1v) is 6.78. The Labute approximate surface area is 108 Å². The molecule has 0 aromatic heterocycles. The lowest BCUT2D eigenvalue weighted by Gasteiger charge is -2.36. The van der Waals surface area contributed by atoms with E-state index in [9.17, 15) is 9.59 Å². The molecule has 0 bridgehead atoms. The minimum atomic E-state index is -0.755. The Morgan fingerprint density at radius 3 is 2.61 bits per heavy atom. The van der Waals surface area contributed by atoms with Crippen molar-refractivity contribution >= 4 is 11.8 Å². The van der Waals surface area contributed by atoms with Crippen LogP contribution in [0.15, 0.2) is 0 Å². The molecule has 2 rings (SSSR count). The fourth-order valence-electron chi connectivity index (χ4n) is 2.83. The summed E-state index contributed by atoms with van der Waals surface area (Å²) in [6, 6.07) is 0.107. The van der Waals surface area contributed by atoms with Crippen molar-refractivity contribution in [1.82, 2.24) is 10.2 Å². The molecule has 5 heteroatoms. The summed E-state index contributed by atoms with van der Waals surface area (Å²) in [5, 5.41) is 2.61. The van der Waals surface area contributed by atoms with Gasteiger partial charge < -0.3 is 16.0 Å². The largest absolute Gasteiger partial charge is 0.358 e. The number of nitrogens with two attached hydrogens (primary N) is 1. The lowest BCUT2D eigenvalue weighted by atomic mass is 9.91. The van der Waals surface area contributed by atoms with Gasteiger partial charge in [0.25, 0.3) is 0 Å². The van der Waals surface area contributed by atoms with Gasteiger partial charge in [0.1, 0.15) is 5.41 Å². The molecular formula is C13H23N3O2. The van der Waals surface area contributed by atoms with Gasteiger partial charge in [0.2, 0.25) is 11.8 Å². The van der Waals surface area contributed by atoms with Crippen LogP contribution >= 0.6 is 0 Å². The summed E-state index contributed by atoms with van der Waals surface area (Å²) in [6.07, 6.45) is 3.44. The van der Waals surface area contributed by atoms with E-state index in [0.29, 0.717) is 25.3 Å². The smallest absolute Gasteiger partial charge is 0.238 e. The van der Waals surface area contributed by atoms with Crippen LogP contribution in [-0.4, -0.2) is 42.9 Å². The average Bonchev–Trinajstić information content (AvgIpc) is 3.18. The van der Waals surface area contributed by atoms with E-state index < -0.39 is 5.41 Å².